The van der Waals surface area contributed by atoms with Crippen molar-refractivity contribution in [3.8, 4) is 21.3 Å². The first-order valence-electron chi connectivity index (χ1n) is 10.2. The SMILES string of the molecule is C(=Nc1ccc2c(c1)OCCOCCOCCOCCO2)c1ccc(-c2cccs2)s1. The first-order chi connectivity index (χ1) is 15.4. The summed E-state index contributed by atoms with van der Waals surface area (Å²) in [7, 11) is 0. The molecule has 164 valence electrons. The molecule has 1 aliphatic heterocycles. The first-order valence-corrected chi connectivity index (χ1v) is 11.9. The lowest BCUT2D eigenvalue weighted by molar-refractivity contribution is 0.00708. The number of rotatable bonds is 3. The topological polar surface area (TPSA) is 58.5 Å². The number of benzene rings is 1. The Morgan fingerprint density at radius 1 is 0.710 bits per heavy atom. The zero-order valence-electron chi connectivity index (χ0n) is 17.2. The van der Waals surface area contributed by atoms with Gasteiger partial charge in [-0.2, -0.15) is 0 Å². The van der Waals surface area contributed by atoms with E-state index in [1.54, 1.807) is 22.7 Å². The summed E-state index contributed by atoms with van der Waals surface area (Å²) in [5.41, 5.74) is 0.803. The number of fused-ring (bicyclic) bond motifs is 1. The summed E-state index contributed by atoms with van der Waals surface area (Å²) in [5, 5.41) is 2.09. The van der Waals surface area contributed by atoms with Crippen LogP contribution < -0.4 is 9.47 Å². The van der Waals surface area contributed by atoms with Crippen LogP contribution in [0.1, 0.15) is 4.88 Å². The third-order valence-corrected chi connectivity index (χ3v) is 6.46. The van der Waals surface area contributed by atoms with Gasteiger partial charge < -0.3 is 23.7 Å². The summed E-state index contributed by atoms with van der Waals surface area (Å²) in [6.45, 7) is 4.01. The van der Waals surface area contributed by atoms with Crippen LogP contribution in [-0.2, 0) is 14.2 Å². The van der Waals surface area contributed by atoms with Crippen molar-refractivity contribution in [1.29, 1.82) is 0 Å². The lowest BCUT2D eigenvalue weighted by Crippen LogP contribution is -2.13. The Morgan fingerprint density at radius 2 is 1.42 bits per heavy atom. The van der Waals surface area contributed by atoms with Gasteiger partial charge in [0, 0.05) is 26.9 Å². The second kappa shape index (κ2) is 12.0. The molecular formula is C23H25NO5S2. The standard InChI is InChI=1S/C23H25NO5S2/c1-2-22(30-15-1)23-6-4-19(31-23)17-24-18-3-5-20-21(16-18)29-14-12-27-10-8-25-7-9-26-11-13-28-20/h1-6,15-17H,7-14H2. The number of hydrogen-bond acceptors (Lipinski definition) is 8. The molecule has 0 N–H and O–H groups in total. The molecule has 1 aliphatic rings. The Labute approximate surface area is 190 Å². The van der Waals surface area contributed by atoms with Crippen LogP contribution in [0.4, 0.5) is 5.69 Å². The molecule has 0 saturated heterocycles. The minimum Gasteiger partial charge on any atom is -0.487 e. The Bertz CT molecular complexity index is 955. The highest BCUT2D eigenvalue weighted by atomic mass is 32.1. The van der Waals surface area contributed by atoms with Crippen molar-refractivity contribution in [1.82, 2.24) is 0 Å². The number of ether oxygens (including phenoxy) is 5. The van der Waals surface area contributed by atoms with Gasteiger partial charge in [0.05, 0.1) is 45.3 Å². The molecule has 0 spiro atoms. The third-order valence-electron chi connectivity index (χ3n) is 4.37. The van der Waals surface area contributed by atoms with Crippen molar-refractivity contribution < 1.29 is 23.7 Å². The fraction of sp³-hybridized carbons (Fsp3) is 0.348. The first kappa shape index (κ1) is 22.0. The predicted molar refractivity (Wildman–Crippen MR) is 125 cm³/mol. The van der Waals surface area contributed by atoms with E-state index in [4.69, 9.17) is 23.7 Å². The maximum atomic E-state index is 5.91. The number of thiophene rings is 2. The lowest BCUT2D eigenvalue weighted by atomic mass is 10.3. The van der Waals surface area contributed by atoms with E-state index >= 15 is 0 Å². The molecule has 3 aromatic rings. The zero-order valence-corrected chi connectivity index (χ0v) is 18.8. The van der Waals surface area contributed by atoms with Crippen molar-refractivity contribution in [2.45, 2.75) is 0 Å². The van der Waals surface area contributed by atoms with Gasteiger partial charge in [-0.1, -0.05) is 6.07 Å². The Kier molecular flexibility index (Phi) is 8.49. The second-order valence-electron chi connectivity index (χ2n) is 6.60. The van der Waals surface area contributed by atoms with Gasteiger partial charge in [0.25, 0.3) is 0 Å². The van der Waals surface area contributed by atoms with Gasteiger partial charge in [-0.25, -0.2) is 0 Å². The van der Waals surface area contributed by atoms with Crippen molar-refractivity contribution in [2.24, 2.45) is 4.99 Å². The Morgan fingerprint density at radius 3 is 2.13 bits per heavy atom. The highest BCUT2D eigenvalue weighted by Gasteiger charge is 2.08. The fourth-order valence-corrected chi connectivity index (χ4v) is 4.60. The quantitative estimate of drug-likeness (QED) is 0.513. The molecule has 0 bridgehead atoms. The second-order valence-corrected chi connectivity index (χ2v) is 8.67. The van der Waals surface area contributed by atoms with Gasteiger partial charge >= 0.3 is 0 Å². The third kappa shape index (κ3) is 6.88. The lowest BCUT2D eigenvalue weighted by Gasteiger charge is -2.13. The molecule has 6 nitrogen and oxygen atoms in total. The molecule has 31 heavy (non-hydrogen) atoms. The Hall–Kier alpha value is -2.23. The molecule has 0 amide bonds. The van der Waals surface area contributed by atoms with Crippen LogP contribution in [0.5, 0.6) is 11.5 Å². The van der Waals surface area contributed by atoms with Crippen molar-refractivity contribution in [3.63, 3.8) is 0 Å². The molecular weight excluding hydrogens is 434 g/mol. The van der Waals surface area contributed by atoms with Crippen molar-refractivity contribution >= 4 is 34.6 Å². The van der Waals surface area contributed by atoms with E-state index in [1.807, 2.05) is 24.4 Å². The minimum atomic E-state index is 0.426. The van der Waals surface area contributed by atoms with E-state index < -0.39 is 0 Å². The largest absolute Gasteiger partial charge is 0.487 e. The Balaban J connectivity index is 1.43. The summed E-state index contributed by atoms with van der Waals surface area (Å²) in [6, 6.07) is 14.1. The average molecular weight is 460 g/mol. The fourth-order valence-electron chi connectivity index (χ4n) is 2.88. The van der Waals surface area contributed by atoms with Crippen LogP contribution in [0.3, 0.4) is 0 Å². The molecule has 0 atom stereocenters. The summed E-state index contributed by atoms with van der Waals surface area (Å²) in [5.74, 6) is 1.32. The van der Waals surface area contributed by atoms with E-state index in [0.717, 1.165) is 10.6 Å². The molecule has 2 aromatic heterocycles. The van der Waals surface area contributed by atoms with Gasteiger partial charge in [0.2, 0.25) is 0 Å². The molecule has 3 heterocycles. The van der Waals surface area contributed by atoms with Crippen LogP contribution in [0.2, 0.25) is 0 Å². The molecule has 0 fully saturated rings. The van der Waals surface area contributed by atoms with E-state index in [2.05, 4.69) is 34.6 Å². The van der Waals surface area contributed by atoms with Gasteiger partial charge in [0.15, 0.2) is 11.5 Å². The van der Waals surface area contributed by atoms with Crippen molar-refractivity contribution in [2.75, 3.05) is 52.9 Å². The smallest absolute Gasteiger partial charge is 0.163 e. The van der Waals surface area contributed by atoms with Crippen LogP contribution in [0.15, 0.2) is 52.8 Å². The number of hydrogen-bond donors (Lipinski definition) is 0. The van der Waals surface area contributed by atoms with Crippen LogP contribution in [0, 0.1) is 0 Å². The molecule has 0 saturated carbocycles. The van der Waals surface area contributed by atoms with Gasteiger partial charge in [-0.05, 0) is 35.7 Å². The van der Waals surface area contributed by atoms with E-state index in [9.17, 15) is 0 Å². The summed E-state index contributed by atoms with van der Waals surface area (Å²) >= 11 is 3.47. The summed E-state index contributed by atoms with van der Waals surface area (Å²) in [4.78, 5) is 8.25. The molecule has 0 aliphatic carbocycles. The number of aliphatic imine (C=N–C) groups is 1. The van der Waals surface area contributed by atoms with E-state index in [0.29, 0.717) is 64.4 Å². The predicted octanol–water partition coefficient (Wildman–Crippen LogP) is 5.05. The molecule has 0 radical (unpaired) electrons. The zero-order chi connectivity index (χ0) is 21.1. The minimum absolute atomic E-state index is 0.426. The summed E-state index contributed by atoms with van der Waals surface area (Å²) in [6.07, 6.45) is 1.88. The monoisotopic (exact) mass is 459 g/mol. The van der Waals surface area contributed by atoms with Gasteiger partial charge in [-0.3, -0.25) is 4.99 Å². The summed E-state index contributed by atoms with van der Waals surface area (Å²) < 4.78 is 28.2. The molecule has 8 heteroatoms. The molecule has 4 rings (SSSR count). The highest BCUT2D eigenvalue weighted by Crippen LogP contribution is 2.33. The highest BCUT2D eigenvalue weighted by molar-refractivity contribution is 7.22. The van der Waals surface area contributed by atoms with Crippen molar-refractivity contribution in [3.05, 3.63) is 52.7 Å². The van der Waals surface area contributed by atoms with E-state index in [-0.39, 0.29) is 0 Å². The van der Waals surface area contributed by atoms with Gasteiger partial charge in [0.1, 0.15) is 13.2 Å². The van der Waals surface area contributed by atoms with Crippen LogP contribution in [0.25, 0.3) is 9.75 Å². The average Bonchev–Trinajstić information content (AvgIpc) is 3.47. The van der Waals surface area contributed by atoms with Gasteiger partial charge in [-0.15, -0.1) is 22.7 Å². The van der Waals surface area contributed by atoms with E-state index in [1.165, 1.54) is 9.75 Å². The molecule has 1 aromatic carbocycles. The maximum Gasteiger partial charge on any atom is 0.163 e. The van der Waals surface area contributed by atoms with Crippen LogP contribution in [-0.4, -0.2) is 59.1 Å². The van der Waals surface area contributed by atoms with Crippen LogP contribution >= 0.6 is 22.7 Å². The maximum absolute atomic E-state index is 5.91. The normalized spacial score (nSPS) is 16.6. The number of nitrogens with zero attached hydrogens (tertiary/aromatic N) is 1. The molecule has 0 unspecified atom stereocenters.